The molecule has 1 aliphatic rings. The smallest absolute Gasteiger partial charge is 0.407 e. The van der Waals surface area contributed by atoms with Crippen molar-refractivity contribution in [2.24, 2.45) is 0 Å². The van der Waals surface area contributed by atoms with Crippen LogP contribution in [0, 0.1) is 0 Å². The van der Waals surface area contributed by atoms with Gasteiger partial charge in [-0.1, -0.05) is 12.8 Å². The summed E-state index contributed by atoms with van der Waals surface area (Å²) >= 11 is 0. The predicted octanol–water partition coefficient (Wildman–Crippen LogP) is 3.79. The van der Waals surface area contributed by atoms with Gasteiger partial charge in [-0.3, -0.25) is 19.6 Å². The highest BCUT2D eigenvalue weighted by atomic mass is 16.6. The second-order valence-corrected chi connectivity index (χ2v) is 8.90. The Bertz CT molecular complexity index is 888. The minimum Gasteiger partial charge on any atom is -0.447 e. The molecule has 188 valence electrons. The largest absolute Gasteiger partial charge is 0.447 e. The molecule has 1 aromatic carbocycles. The Morgan fingerprint density at radius 3 is 2.32 bits per heavy atom. The third kappa shape index (κ3) is 8.02. The third-order valence-corrected chi connectivity index (χ3v) is 5.62. The minimum atomic E-state index is -0.527. The molecule has 1 aliphatic heterocycles. The molecule has 2 atom stereocenters. The number of alkyl carbamates (subject to hydrolysis) is 1. The summed E-state index contributed by atoms with van der Waals surface area (Å²) in [4.78, 5) is 49.6. The number of ether oxygens (including phenoxy) is 1. The van der Waals surface area contributed by atoms with Gasteiger partial charge in [-0.2, -0.15) is 0 Å². The van der Waals surface area contributed by atoms with Gasteiger partial charge in [0.15, 0.2) is 0 Å². The first kappa shape index (κ1) is 27.1. The van der Waals surface area contributed by atoms with Crippen LogP contribution in [0.2, 0.25) is 0 Å². The fraction of sp³-hybridized carbons (Fsp3) is 0.583. The molecule has 0 fully saturated rings. The van der Waals surface area contributed by atoms with Crippen molar-refractivity contribution in [3.8, 4) is 0 Å². The monoisotopic (exact) mass is 476 g/mol. The van der Waals surface area contributed by atoms with Crippen molar-refractivity contribution < 1.29 is 29.1 Å². The van der Waals surface area contributed by atoms with E-state index in [1.807, 2.05) is 6.92 Å². The summed E-state index contributed by atoms with van der Waals surface area (Å²) in [6, 6.07) is 4.86. The van der Waals surface area contributed by atoms with E-state index in [0.29, 0.717) is 37.1 Å². The van der Waals surface area contributed by atoms with Crippen LogP contribution in [0.3, 0.4) is 0 Å². The Kier molecular flexibility index (Phi) is 10.3. The number of hydrogen-bond acceptors (Lipinski definition) is 6. The molecule has 4 amide bonds. The lowest BCUT2D eigenvalue weighted by Crippen LogP contribution is -2.45. The third-order valence-electron chi connectivity index (χ3n) is 5.62. The molecule has 10 heteroatoms. The van der Waals surface area contributed by atoms with Gasteiger partial charge in [-0.25, -0.2) is 10.3 Å². The lowest BCUT2D eigenvalue weighted by atomic mass is 9.91. The van der Waals surface area contributed by atoms with Crippen LogP contribution in [0.4, 0.5) is 16.2 Å². The van der Waals surface area contributed by atoms with Gasteiger partial charge in [0.2, 0.25) is 17.7 Å². The quantitative estimate of drug-likeness (QED) is 0.230. The highest BCUT2D eigenvalue weighted by molar-refractivity contribution is 5.95. The van der Waals surface area contributed by atoms with E-state index in [1.54, 1.807) is 42.4 Å². The highest BCUT2D eigenvalue weighted by Crippen LogP contribution is 2.39. The van der Waals surface area contributed by atoms with Crippen molar-refractivity contribution in [2.45, 2.75) is 90.8 Å². The number of carbonyl (C=O) groups excluding carboxylic acids is 4. The number of carbonyl (C=O) groups is 4. The van der Waals surface area contributed by atoms with Crippen LogP contribution >= 0.6 is 0 Å². The number of nitrogens with one attached hydrogen (secondary N) is 3. The Hall–Kier alpha value is -3.14. The number of hydrogen-bond donors (Lipinski definition) is 4. The van der Waals surface area contributed by atoms with Gasteiger partial charge >= 0.3 is 6.09 Å². The van der Waals surface area contributed by atoms with Gasteiger partial charge in [-0.05, 0) is 58.2 Å². The zero-order valence-electron chi connectivity index (χ0n) is 20.3. The number of anilines is 2. The van der Waals surface area contributed by atoms with E-state index in [1.165, 1.54) is 6.92 Å². The lowest BCUT2D eigenvalue weighted by molar-refractivity contribution is -0.129. The summed E-state index contributed by atoms with van der Waals surface area (Å²) in [7, 11) is 0. The summed E-state index contributed by atoms with van der Waals surface area (Å²) in [6.45, 7) is 6.98. The van der Waals surface area contributed by atoms with Crippen molar-refractivity contribution in [1.29, 1.82) is 0 Å². The van der Waals surface area contributed by atoms with E-state index >= 15 is 0 Å². The highest BCUT2D eigenvalue weighted by Gasteiger charge is 2.33. The van der Waals surface area contributed by atoms with Crippen LogP contribution in [0.25, 0.3) is 0 Å². The predicted molar refractivity (Wildman–Crippen MR) is 127 cm³/mol. The molecule has 1 aromatic rings. The average Bonchev–Trinajstić information content (AvgIpc) is 2.75. The van der Waals surface area contributed by atoms with E-state index in [4.69, 9.17) is 9.94 Å². The molecule has 2 rings (SSSR count). The molecule has 0 bridgehead atoms. The molecule has 0 aliphatic carbocycles. The summed E-state index contributed by atoms with van der Waals surface area (Å²) in [5, 5.41) is 14.2. The molecule has 4 N–H and O–H groups in total. The first-order valence-electron chi connectivity index (χ1n) is 11.8. The van der Waals surface area contributed by atoms with Crippen molar-refractivity contribution in [2.75, 3.05) is 10.2 Å². The molecule has 0 saturated carbocycles. The Morgan fingerprint density at radius 1 is 1.09 bits per heavy atom. The standard InChI is InChI=1S/C24H36N4O6/c1-15(2)34-24(32)26-20-13-16(3)28(17(4)29)21-12-11-18(14-19(20)21)25-22(30)9-7-5-6-8-10-23(31)27-33/h11-12,14-16,20,33H,5-10,13H2,1-4H3,(H,25,30)(H,26,32)(H,27,31)/t16-,20+/m0/s1. The first-order valence-corrected chi connectivity index (χ1v) is 11.8. The van der Waals surface area contributed by atoms with E-state index < -0.39 is 12.0 Å². The SMILES string of the molecule is CC(=O)N1c2ccc(NC(=O)CCCCCCC(=O)NO)cc2[C@H](NC(=O)OC(C)C)C[C@@H]1C. The van der Waals surface area contributed by atoms with Crippen LogP contribution in [-0.2, 0) is 19.1 Å². The average molecular weight is 477 g/mol. The Labute approximate surface area is 200 Å². The van der Waals surface area contributed by atoms with Crippen molar-refractivity contribution >= 4 is 35.2 Å². The molecular formula is C24H36N4O6. The van der Waals surface area contributed by atoms with Crippen LogP contribution in [0.15, 0.2) is 18.2 Å². The number of nitrogens with zero attached hydrogens (tertiary/aromatic N) is 1. The number of hydroxylamine groups is 1. The number of fused-ring (bicyclic) bond motifs is 1. The molecule has 0 aromatic heterocycles. The van der Waals surface area contributed by atoms with Gasteiger partial charge in [0, 0.05) is 42.7 Å². The Morgan fingerprint density at radius 2 is 1.74 bits per heavy atom. The first-order chi connectivity index (χ1) is 16.1. The molecule has 0 saturated heterocycles. The van der Waals surface area contributed by atoms with Crippen LogP contribution < -0.4 is 21.0 Å². The second-order valence-electron chi connectivity index (χ2n) is 8.90. The van der Waals surface area contributed by atoms with Crippen molar-refractivity contribution in [3.63, 3.8) is 0 Å². The minimum absolute atomic E-state index is 0.0924. The molecule has 0 unspecified atom stereocenters. The van der Waals surface area contributed by atoms with Gasteiger partial charge in [0.25, 0.3) is 0 Å². The van der Waals surface area contributed by atoms with E-state index in [2.05, 4.69) is 10.6 Å². The maximum Gasteiger partial charge on any atom is 0.407 e. The summed E-state index contributed by atoms with van der Waals surface area (Å²) in [5.74, 6) is -0.636. The maximum absolute atomic E-state index is 12.4. The summed E-state index contributed by atoms with van der Waals surface area (Å²) < 4.78 is 5.23. The topological polar surface area (TPSA) is 137 Å². The van der Waals surface area contributed by atoms with Gasteiger partial charge in [0.05, 0.1) is 12.1 Å². The fourth-order valence-electron chi connectivity index (χ4n) is 4.15. The van der Waals surface area contributed by atoms with Crippen LogP contribution in [0.1, 0.15) is 84.2 Å². The van der Waals surface area contributed by atoms with Crippen LogP contribution in [0.5, 0.6) is 0 Å². The molecular weight excluding hydrogens is 440 g/mol. The lowest BCUT2D eigenvalue weighted by Gasteiger charge is -2.39. The molecule has 34 heavy (non-hydrogen) atoms. The summed E-state index contributed by atoms with van der Waals surface area (Å²) in [5.41, 5.74) is 3.63. The van der Waals surface area contributed by atoms with E-state index in [0.717, 1.165) is 18.4 Å². The maximum atomic E-state index is 12.4. The molecule has 0 radical (unpaired) electrons. The Balaban J connectivity index is 2.03. The number of unbranched alkanes of at least 4 members (excludes halogenated alkanes) is 3. The number of benzene rings is 1. The van der Waals surface area contributed by atoms with E-state index in [-0.39, 0.29) is 36.4 Å². The van der Waals surface area contributed by atoms with Gasteiger partial charge in [-0.15, -0.1) is 0 Å². The summed E-state index contributed by atoms with van der Waals surface area (Å²) in [6.07, 6.45) is 3.24. The molecule has 10 nitrogen and oxygen atoms in total. The second kappa shape index (κ2) is 12.9. The van der Waals surface area contributed by atoms with Crippen molar-refractivity contribution in [1.82, 2.24) is 10.8 Å². The zero-order valence-corrected chi connectivity index (χ0v) is 20.3. The van der Waals surface area contributed by atoms with Gasteiger partial charge < -0.3 is 20.3 Å². The number of rotatable bonds is 10. The van der Waals surface area contributed by atoms with Crippen molar-refractivity contribution in [3.05, 3.63) is 23.8 Å². The number of amides is 4. The van der Waals surface area contributed by atoms with Crippen LogP contribution in [-0.4, -0.2) is 41.2 Å². The molecule has 1 heterocycles. The zero-order chi connectivity index (χ0) is 25.3. The van der Waals surface area contributed by atoms with E-state index in [9.17, 15) is 19.2 Å². The normalized spacial score (nSPS) is 17.1. The fourth-order valence-corrected chi connectivity index (χ4v) is 4.15. The molecule has 0 spiro atoms. The van der Waals surface area contributed by atoms with Gasteiger partial charge in [0.1, 0.15) is 0 Å².